The van der Waals surface area contributed by atoms with Crippen LogP contribution in [0.5, 0.6) is 0 Å². The number of hydrogen-bond acceptors (Lipinski definition) is 3. The Morgan fingerprint density at radius 2 is 2.36 bits per heavy atom. The number of hydrogen-bond donors (Lipinski definition) is 2. The van der Waals surface area contributed by atoms with Gasteiger partial charge < -0.3 is 10.9 Å². The molecule has 1 heterocycles. The fourth-order valence-corrected chi connectivity index (χ4v) is 1.13. The summed E-state index contributed by atoms with van der Waals surface area (Å²) in [4.78, 5) is 4.24. The van der Waals surface area contributed by atoms with Crippen LogP contribution in [-0.4, -0.2) is 22.8 Å². The molecule has 1 aliphatic heterocycles. The van der Waals surface area contributed by atoms with Gasteiger partial charge in [0.15, 0.2) is 5.84 Å². The van der Waals surface area contributed by atoms with Gasteiger partial charge in [-0.25, -0.2) is 0 Å². The third-order valence-corrected chi connectivity index (χ3v) is 2.10. The predicted molar refractivity (Wildman–Crippen MR) is 44.1 cm³/mol. The van der Waals surface area contributed by atoms with Crippen LogP contribution in [0.15, 0.2) is 10.1 Å². The van der Waals surface area contributed by atoms with E-state index in [1.165, 1.54) is 0 Å². The molecule has 0 aromatic rings. The van der Waals surface area contributed by atoms with Gasteiger partial charge in [0.05, 0.1) is 11.8 Å². The van der Waals surface area contributed by atoms with Gasteiger partial charge in [0.25, 0.3) is 0 Å². The fourth-order valence-electron chi connectivity index (χ4n) is 1.13. The van der Waals surface area contributed by atoms with Gasteiger partial charge in [-0.05, 0) is 19.3 Å². The summed E-state index contributed by atoms with van der Waals surface area (Å²) in [6.07, 6.45) is 0.817. The zero-order valence-corrected chi connectivity index (χ0v) is 6.78. The van der Waals surface area contributed by atoms with Crippen LogP contribution >= 0.6 is 0 Å². The summed E-state index contributed by atoms with van der Waals surface area (Å²) in [5.41, 5.74) is 6.10. The first-order valence-electron chi connectivity index (χ1n) is 3.69. The highest BCUT2D eigenvalue weighted by atomic mass is 16.4. The van der Waals surface area contributed by atoms with Gasteiger partial charge in [0.2, 0.25) is 0 Å². The average molecular weight is 155 g/mol. The standard InChI is InChI=1S/C7H13N3O/c1-4-3-6(7(8)10-11)9-5(4)2/h4-5,11H,3H2,1-2H3,(H2,8,10). The smallest absolute Gasteiger partial charge is 0.184 e. The molecule has 4 nitrogen and oxygen atoms in total. The molecule has 0 radical (unpaired) electrons. The molecule has 0 spiro atoms. The molecule has 0 fully saturated rings. The van der Waals surface area contributed by atoms with Gasteiger partial charge in [0.1, 0.15) is 0 Å². The van der Waals surface area contributed by atoms with Gasteiger partial charge >= 0.3 is 0 Å². The SMILES string of the molecule is CC1CC(C(N)=NO)=NC1C. The predicted octanol–water partition coefficient (Wildman–Crippen LogP) is 0.602. The minimum Gasteiger partial charge on any atom is -0.409 e. The first kappa shape index (κ1) is 8.04. The summed E-state index contributed by atoms with van der Waals surface area (Å²) in [7, 11) is 0. The highest BCUT2D eigenvalue weighted by molar-refractivity contribution is 6.41. The number of rotatable bonds is 1. The molecular formula is C7H13N3O. The Labute approximate surface area is 65.8 Å². The Bertz CT molecular complexity index is 210. The lowest BCUT2D eigenvalue weighted by atomic mass is 10.0. The molecule has 62 valence electrons. The quantitative estimate of drug-likeness (QED) is 0.252. The van der Waals surface area contributed by atoms with Crippen LogP contribution in [0.2, 0.25) is 0 Å². The Hall–Kier alpha value is -1.06. The van der Waals surface area contributed by atoms with E-state index in [0.29, 0.717) is 12.0 Å². The summed E-state index contributed by atoms with van der Waals surface area (Å²) in [6, 6.07) is 0.297. The van der Waals surface area contributed by atoms with Crippen molar-refractivity contribution in [2.24, 2.45) is 21.8 Å². The lowest BCUT2D eigenvalue weighted by molar-refractivity contribution is 0.319. The highest BCUT2D eigenvalue weighted by Crippen LogP contribution is 2.19. The molecule has 0 saturated heterocycles. The van der Waals surface area contributed by atoms with E-state index >= 15 is 0 Å². The molecule has 0 aliphatic carbocycles. The number of amidine groups is 1. The molecule has 0 saturated carbocycles. The van der Waals surface area contributed by atoms with Crippen molar-refractivity contribution in [1.29, 1.82) is 0 Å². The number of nitrogens with zero attached hydrogens (tertiary/aromatic N) is 2. The van der Waals surface area contributed by atoms with Crippen LogP contribution in [0.25, 0.3) is 0 Å². The van der Waals surface area contributed by atoms with E-state index in [2.05, 4.69) is 17.1 Å². The van der Waals surface area contributed by atoms with Gasteiger partial charge in [-0.1, -0.05) is 12.1 Å². The maximum Gasteiger partial charge on any atom is 0.184 e. The summed E-state index contributed by atoms with van der Waals surface area (Å²) in [5.74, 6) is 0.659. The van der Waals surface area contributed by atoms with Crippen molar-refractivity contribution in [2.75, 3.05) is 0 Å². The second kappa shape index (κ2) is 2.90. The van der Waals surface area contributed by atoms with E-state index in [4.69, 9.17) is 10.9 Å². The van der Waals surface area contributed by atoms with Crippen molar-refractivity contribution in [3.05, 3.63) is 0 Å². The lowest BCUT2D eigenvalue weighted by Gasteiger charge is -2.03. The van der Waals surface area contributed by atoms with E-state index in [-0.39, 0.29) is 5.84 Å². The zero-order valence-electron chi connectivity index (χ0n) is 6.78. The fraction of sp³-hybridized carbons (Fsp3) is 0.714. The first-order chi connectivity index (χ1) is 5.15. The molecule has 0 bridgehead atoms. The van der Waals surface area contributed by atoms with Crippen molar-refractivity contribution in [2.45, 2.75) is 26.3 Å². The van der Waals surface area contributed by atoms with Crippen molar-refractivity contribution in [1.82, 2.24) is 0 Å². The maximum absolute atomic E-state index is 8.35. The zero-order chi connectivity index (χ0) is 8.43. The largest absolute Gasteiger partial charge is 0.409 e. The van der Waals surface area contributed by atoms with Crippen LogP contribution in [0, 0.1) is 5.92 Å². The summed E-state index contributed by atoms with van der Waals surface area (Å²) < 4.78 is 0. The van der Waals surface area contributed by atoms with Crippen molar-refractivity contribution >= 4 is 11.5 Å². The van der Waals surface area contributed by atoms with Gasteiger partial charge in [-0.3, -0.25) is 4.99 Å². The minimum absolute atomic E-state index is 0.154. The van der Waals surface area contributed by atoms with Crippen LogP contribution in [0.4, 0.5) is 0 Å². The van der Waals surface area contributed by atoms with E-state index < -0.39 is 0 Å². The molecule has 0 amide bonds. The Morgan fingerprint density at radius 3 is 2.73 bits per heavy atom. The Morgan fingerprint density at radius 1 is 1.73 bits per heavy atom. The van der Waals surface area contributed by atoms with Crippen LogP contribution in [0.3, 0.4) is 0 Å². The van der Waals surface area contributed by atoms with Crippen LogP contribution in [0.1, 0.15) is 20.3 Å². The van der Waals surface area contributed by atoms with Crippen molar-refractivity contribution in [3.8, 4) is 0 Å². The third-order valence-electron chi connectivity index (χ3n) is 2.10. The number of nitrogens with two attached hydrogens (primary N) is 1. The van der Waals surface area contributed by atoms with Crippen molar-refractivity contribution < 1.29 is 5.21 Å². The molecule has 11 heavy (non-hydrogen) atoms. The summed E-state index contributed by atoms with van der Waals surface area (Å²) in [6.45, 7) is 4.13. The molecule has 0 aromatic carbocycles. The average Bonchev–Trinajstić information content (AvgIpc) is 2.31. The van der Waals surface area contributed by atoms with E-state index in [9.17, 15) is 0 Å². The lowest BCUT2D eigenvalue weighted by Crippen LogP contribution is -2.22. The van der Waals surface area contributed by atoms with E-state index in [0.717, 1.165) is 12.1 Å². The number of oxime groups is 1. The normalized spacial score (nSPS) is 32.2. The topological polar surface area (TPSA) is 71.0 Å². The van der Waals surface area contributed by atoms with Gasteiger partial charge in [-0.2, -0.15) is 0 Å². The molecule has 1 aliphatic rings. The highest BCUT2D eigenvalue weighted by Gasteiger charge is 2.23. The molecule has 2 atom stereocenters. The van der Waals surface area contributed by atoms with Gasteiger partial charge in [-0.15, -0.1) is 0 Å². The van der Waals surface area contributed by atoms with Crippen LogP contribution in [-0.2, 0) is 0 Å². The molecule has 4 heteroatoms. The molecule has 1 rings (SSSR count). The van der Waals surface area contributed by atoms with Gasteiger partial charge in [0, 0.05) is 0 Å². The Kier molecular flexibility index (Phi) is 2.12. The van der Waals surface area contributed by atoms with Crippen molar-refractivity contribution in [3.63, 3.8) is 0 Å². The monoisotopic (exact) mass is 155 g/mol. The molecule has 3 N–H and O–H groups in total. The first-order valence-corrected chi connectivity index (χ1v) is 3.69. The Balaban J connectivity index is 2.71. The second-order valence-electron chi connectivity index (χ2n) is 2.98. The third kappa shape index (κ3) is 1.50. The molecule has 0 aromatic heterocycles. The van der Waals surface area contributed by atoms with Crippen LogP contribution < -0.4 is 5.73 Å². The second-order valence-corrected chi connectivity index (χ2v) is 2.98. The van der Waals surface area contributed by atoms with E-state index in [1.54, 1.807) is 0 Å². The molecular weight excluding hydrogens is 142 g/mol. The summed E-state index contributed by atoms with van der Waals surface area (Å²) in [5, 5.41) is 11.3. The summed E-state index contributed by atoms with van der Waals surface area (Å²) >= 11 is 0. The number of aliphatic imine (C=N–C) groups is 1. The minimum atomic E-state index is 0.154. The van der Waals surface area contributed by atoms with E-state index in [1.807, 2.05) is 6.92 Å². The molecule has 2 unspecified atom stereocenters. The maximum atomic E-state index is 8.35.